The second-order valence-corrected chi connectivity index (χ2v) is 3.90. The topological polar surface area (TPSA) is 24.1 Å². The average Bonchev–Trinajstić information content (AvgIpc) is 2.42. The van der Waals surface area contributed by atoms with Gasteiger partial charge in [0.05, 0.1) is 6.54 Å². The Balaban J connectivity index is 2.02. The third-order valence-corrected chi connectivity index (χ3v) is 2.45. The van der Waals surface area contributed by atoms with Gasteiger partial charge in [-0.3, -0.25) is 0 Å². The van der Waals surface area contributed by atoms with Crippen LogP contribution in [0.1, 0.15) is 5.56 Å². The van der Waals surface area contributed by atoms with Crippen LogP contribution in [0.15, 0.2) is 54.6 Å². The molecule has 90 valence electrons. The molecule has 0 fully saturated rings. The lowest BCUT2D eigenvalue weighted by Gasteiger charge is -2.05. The molecule has 0 aliphatic rings. The lowest BCUT2D eigenvalue weighted by atomic mass is 10.2. The highest BCUT2D eigenvalue weighted by Gasteiger charge is 1.93. The van der Waals surface area contributed by atoms with Crippen molar-refractivity contribution >= 4 is 11.4 Å². The second-order valence-electron chi connectivity index (χ2n) is 3.90. The average molecular weight is 236 g/mol. The summed E-state index contributed by atoms with van der Waals surface area (Å²) in [5.74, 6) is 6.14. The molecule has 0 spiro atoms. The third-order valence-electron chi connectivity index (χ3n) is 2.45. The van der Waals surface area contributed by atoms with Crippen molar-refractivity contribution in [3.63, 3.8) is 0 Å². The molecule has 0 bridgehead atoms. The number of para-hydroxylation sites is 1. The first-order chi connectivity index (χ1) is 8.88. The van der Waals surface area contributed by atoms with Gasteiger partial charge in [0.1, 0.15) is 0 Å². The smallest absolute Gasteiger partial charge is 0.0577 e. The molecule has 0 unspecified atom stereocenters. The molecule has 0 aliphatic carbocycles. The van der Waals surface area contributed by atoms with E-state index in [1.54, 1.807) is 0 Å². The first kappa shape index (κ1) is 12.2. The summed E-state index contributed by atoms with van der Waals surface area (Å²) in [6, 6.07) is 18.2. The van der Waals surface area contributed by atoms with Crippen LogP contribution in [-0.2, 0) is 0 Å². The molecule has 0 aromatic heterocycles. The van der Waals surface area contributed by atoms with Gasteiger partial charge in [0.2, 0.25) is 0 Å². The summed E-state index contributed by atoms with van der Waals surface area (Å²) < 4.78 is 0. The summed E-state index contributed by atoms with van der Waals surface area (Å²) in [5.41, 5.74) is 3.19. The van der Waals surface area contributed by atoms with Gasteiger partial charge in [0.15, 0.2) is 0 Å². The lowest BCUT2D eigenvalue weighted by molar-refractivity contribution is 0.938. The Morgan fingerprint density at radius 1 is 0.889 bits per heavy atom. The maximum Gasteiger partial charge on any atom is 0.0577 e. The number of hydrogen-bond acceptors (Lipinski definition) is 2. The monoisotopic (exact) mass is 236 g/mol. The molecule has 0 amide bonds. The fourth-order valence-corrected chi connectivity index (χ4v) is 1.56. The SMILES string of the molecule is CNCC#Cc1ccc(Nc2ccccc2)cc1. The van der Waals surface area contributed by atoms with Gasteiger partial charge < -0.3 is 10.6 Å². The predicted molar refractivity (Wildman–Crippen MR) is 77.0 cm³/mol. The highest BCUT2D eigenvalue weighted by Crippen LogP contribution is 2.16. The van der Waals surface area contributed by atoms with Gasteiger partial charge in [-0.15, -0.1) is 0 Å². The lowest BCUT2D eigenvalue weighted by Crippen LogP contribution is -2.04. The van der Waals surface area contributed by atoms with Crippen molar-refractivity contribution in [2.24, 2.45) is 0 Å². The summed E-state index contributed by atoms with van der Waals surface area (Å²) in [5, 5.41) is 6.33. The van der Waals surface area contributed by atoms with Crippen LogP contribution in [-0.4, -0.2) is 13.6 Å². The summed E-state index contributed by atoms with van der Waals surface area (Å²) in [6.45, 7) is 0.712. The van der Waals surface area contributed by atoms with Crippen LogP contribution >= 0.6 is 0 Å². The quantitative estimate of drug-likeness (QED) is 0.800. The summed E-state index contributed by atoms with van der Waals surface area (Å²) >= 11 is 0. The molecule has 0 atom stereocenters. The van der Waals surface area contributed by atoms with Gasteiger partial charge in [0.25, 0.3) is 0 Å². The standard InChI is InChI=1S/C16H16N2/c1-17-13-5-6-14-9-11-16(12-10-14)18-15-7-3-2-4-8-15/h2-4,7-12,17-18H,13H2,1H3. The van der Waals surface area contributed by atoms with Crippen molar-refractivity contribution in [1.29, 1.82) is 0 Å². The molecule has 2 heteroatoms. The maximum atomic E-state index is 3.34. The highest BCUT2D eigenvalue weighted by atomic mass is 14.9. The van der Waals surface area contributed by atoms with Gasteiger partial charge in [-0.25, -0.2) is 0 Å². The molecule has 0 saturated heterocycles. The first-order valence-corrected chi connectivity index (χ1v) is 5.94. The molecule has 2 rings (SSSR count). The predicted octanol–water partition coefficient (Wildman–Crippen LogP) is 3.00. The fourth-order valence-electron chi connectivity index (χ4n) is 1.56. The molecule has 0 radical (unpaired) electrons. The van der Waals surface area contributed by atoms with Crippen molar-refractivity contribution in [3.05, 3.63) is 60.2 Å². The van der Waals surface area contributed by atoms with Gasteiger partial charge >= 0.3 is 0 Å². The van der Waals surface area contributed by atoms with Crippen molar-refractivity contribution in [2.75, 3.05) is 18.9 Å². The minimum Gasteiger partial charge on any atom is -0.356 e. The van der Waals surface area contributed by atoms with E-state index in [9.17, 15) is 0 Å². The fraction of sp³-hybridized carbons (Fsp3) is 0.125. The number of hydrogen-bond donors (Lipinski definition) is 2. The third kappa shape index (κ3) is 3.65. The Kier molecular flexibility index (Phi) is 4.40. The van der Waals surface area contributed by atoms with Gasteiger partial charge in [-0.1, -0.05) is 30.0 Å². The summed E-state index contributed by atoms with van der Waals surface area (Å²) in [4.78, 5) is 0. The number of nitrogens with one attached hydrogen (secondary N) is 2. The van der Waals surface area contributed by atoms with Crippen molar-refractivity contribution in [2.45, 2.75) is 0 Å². The Hall–Kier alpha value is -2.24. The molecule has 2 nitrogen and oxygen atoms in total. The van der Waals surface area contributed by atoms with Crippen LogP contribution in [0.5, 0.6) is 0 Å². The Labute approximate surface area is 108 Å². The van der Waals surface area contributed by atoms with E-state index in [-0.39, 0.29) is 0 Å². The van der Waals surface area contributed by atoms with Crippen molar-refractivity contribution in [3.8, 4) is 11.8 Å². The number of anilines is 2. The van der Waals surface area contributed by atoms with E-state index in [0.29, 0.717) is 6.54 Å². The molecule has 2 aromatic rings. The zero-order valence-corrected chi connectivity index (χ0v) is 10.4. The molecule has 0 heterocycles. The minimum atomic E-state index is 0.712. The zero-order chi connectivity index (χ0) is 12.6. The van der Waals surface area contributed by atoms with E-state index in [1.165, 1.54) is 0 Å². The van der Waals surface area contributed by atoms with Crippen LogP contribution in [0.4, 0.5) is 11.4 Å². The van der Waals surface area contributed by atoms with Crippen LogP contribution in [0.25, 0.3) is 0 Å². The van der Waals surface area contributed by atoms with Crippen molar-refractivity contribution < 1.29 is 0 Å². The van der Waals surface area contributed by atoms with Gasteiger partial charge in [-0.05, 0) is 43.4 Å². The Morgan fingerprint density at radius 2 is 1.56 bits per heavy atom. The maximum absolute atomic E-state index is 3.34. The number of rotatable bonds is 3. The molecule has 2 aromatic carbocycles. The van der Waals surface area contributed by atoms with E-state index < -0.39 is 0 Å². The molecule has 0 saturated carbocycles. The first-order valence-electron chi connectivity index (χ1n) is 5.94. The second kappa shape index (κ2) is 6.48. The molecular formula is C16H16N2. The van der Waals surface area contributed by atoms with E-state index in [1.807, 2.05) is 61.6 Å². The van der Waals surface area contributed by atoms with Crippen LogP contribution in [0.3, 0.4) is 0 Å². The van der Waals surface area contributed by atoms with E-state index in [2.05, 4.69) is 22.5 Å². The van der Waals surface area contributed by atoms with Crippen LogP contribution < -0.4 is 10.6 Å². The normalized spacial score (nSPS) is 9.39. The summed E-state index contributed by atoms with van der Waals surface area (Å²) in [6.07, 6.45) is 0. The molecular weight excluding hydrogens is 220 g/mol. The molecule has 0 aliphatic heterocycles. The van der Waals surface area contributed by atoms with Crippen molar-refractivity contribution in [1.82, 2.24) is 5.32 Å². The van der Waals surface area contributed by atoms with E-state index in [4.69, 9.17) is 0 Å². The molecule has 18 heavy (non-hydrogen) atoms. The highest BCUT2D eigenvalue weighted by molar-refractivity contribution is 5.60. The van der Waals surface area contributed by atoms with E-state index >= 15 is 0 Å². The van der Waals surface area contributed by atoms with Gasteiger partial charge in [0, 0.05) is 16.9 Å². The minimum absolute atomic E-state index is 0.712. The van der Waals surface area contributed by atoms with E-state index in [0.717, 1.165) is 16.9 Å². The van der Waals surface area contributed by atoms with Gasteiger partial charge in [-0.2, -0.15) is 0 Å². The Bertz CT molecular complexity index is 533. The van der Waals surface area contributed by atoms with Crippen LogP contribution in [0.2, 0.25) is 0 Å². The zero-order valence-electron chi connectivity index (χ0n) is 10.4. The largest absolute Gasteiger partial charge is 0.356 e. The number of benzene rings is 2. The molecule has 2 N–H and O–H groups in total. The van der Waals surface area contributed by atoms with Crippen LogP contribution in [0, 0.1) is 11.8 Å². The summed E-state index contributed by atoms with van der Waals surface area (Å²) in [7, 11) is 1.89. The Morgan fingerprint density at radius 3 is 2.22 bits per heavy atom.